The summed E-state index contributed by atoms with van der Waals surface area (Å²) in [5, 5.41) is 0.827. The fourth-order valence-corrected chi connectivity index (χ4v) is 4.59. The minimum atomic E-state index is -0.169. The fraction of sp³-hybridized carbons (Fsp3) is 0.360. The van der Waals surface area contributed by atoms with Crippen LogP contribution in [0.4, 0.5) is 0 Å². The van der Waals surface area contributed by atoms with E-state index in [4.69, 9.17) is 9.47 Å². The Kier molecular flexibility index (Phi) is 6.66. The number of hydrogen-bond acceptors (Lipinski definition) is 5. The van der Waals surface area contributed by atoms with Crippen molar-refractivity contribution < 1.29 is 14.3 Å². The molecular weight excluding hydrogens is 408 g/mol. The van der Waals surface area contributed by atoms with Gasteiger partial charge in [-0.2, -0.15) is 4.99 Å². The summed E-state index contributed by atoms with van der Waals surface area (Å²) in [6.07, 6.45) is 4.17. The van der Waals surface area contributed by atoms with Crippen molar-refractivity contribution in [1.82, 2.24) is 4.90 Å². The molecule has 2 aromatic carbocycles. The molecule has 1 fully saturated rings. The van der Waals surface area contributed by atoms with E-state index in [0.29, 0.717) is 23.0 Å². The lowest BCUT2D eigenvalue weighted by molar-refractivity contribution is -0.113. The van der Waals surface area contributed by atoms with Gasteiger partial charge < -0.3 is 14.4 Å². The average molecular weight is 437 g/mol. The molecule has 0 N–H and O–H groups in total. The molecule has 0 atom stereocenters. The van der Waals surface area contributed by atoms with E-state index < -0.39 is 0 Å². The van der Waals surface area contributed by atoms with Gasteiger partial charge in [0.25, 0.3) is 5.91 Å². The van der Waals surface area contributed by atoms with Gasteiger partial charge in [-0.05, 0) is 66.8 Å². The van der Waals surface area contributed by atoms with Crippen molar-refractivity contribution in [2.24, 2.45) is 10.9 Å². The molecule has 2 heterocycles. The zero-order chi connectivity index (χ0) is 21.8. The summed E-state index contributed by atoms with van der Waals surface area (Å²) in [5.74, 6) is 1.89. The van der Waals surface area contributed by atoms with Gasteiger partial charge in [-0.1, -0.05) is 42.8 Å². The molecule has 0 aromatic heterocycles. The third kappa shape index (κ3) is 5.31. The Bertz CT molecular complexity index is 1010. The number of nitrogens with zero attached hydrogens (tertiary/aromatic N) is 2. The summed E-state index contributed by atoms with van der Waals surface area (Å²) in [4.78, 5) is 19.6. The number of methoxy groups -OCH3 is 1. The Labute approximate surface area is 188 Å². The van der Waals surface area contributed by atoms with Crippen LogP contribution in [0.25, 0.3) is 6.08 Å². The molecule has 162 valence electrons. The smallest absolute Gasteiger partial charge is 0.286 e. The first-order chi connectivity index (χ1) is 15.0. The number of carbonyl (C=O) groups is 1. The number of hydrogen-bond donors (Lipinski definition) is 0. The normalized spacial score (nSPS) is 18.4. The topological polar surface area (TPSA) is 51.1 Å². The molecule has 2 aliphatic rings. The van der Waals surface area contributed by atoms with E-state index in [9.17, 15) is 4.79 Å². The third-order valence-corrected chi connectivity index (χ3v) is 6.71. The second-order valence-corrected chi connectivity index (χ2v) is 9.17. The van der Waals surface area contributed by atoms with Crippen molar-refractivity contribution in [3.63, 3.8) is 0 Å². The van der Waals surface area contributed by atoms with Gasteiger partial charge in [0, 0.05) is 13.1 Å². The maximum absolute atomic E-state index is 12.4. The Hall–Kier alpha value is -2.73. The largest absolute Gasteiger partial charge is 0.493 e. The maximum atomic E-state index is 12.4. The SMILES string of the molecule is COc1cc(/C=C2\SC(N3CCC(C)CC3)=NC2=O)ccc1OCc1ccc(C)cc1. The lowest BCUT2D eigenvalue weighted by Crippen LogP contribution is -2.35. The van der Waals surface area contributed by atoms with Crippen molar-refractivity contribution in [2.45, 2.75) is 33.3 Å². The third-order valence-electron chi connectivity index (χ3n) is 5.66. The lowest BCUT2D eigenvalue weighted by atomic mass is 10.00. The van der Waals surface area contributed by atoms with Crippen LogP contribution in [-0.4, -0.2) is 36.2 Å². The summed E-state index contributed by atoms with van der Waals surface area (Å²) in [5.41, 5.74) is 3.21. The lowest BCUT2D eigenvalue weighted by Gasteiger charge is -2.30. The number of benzene rings is 2. The Balaban J connectivity index is 1.43. The van der Waals surface area contributed by atoms with Crippen LogP contribution in [0.3, 0.4) is 0 Å². The van der Waals surface area contributed by atoms with Gasteiger partial charge in [0.1, 0.15) is 6.61 Å². The summed E-state index contributed by atoms with van der Waals surface area (Å²) < 4.78 is 11.5. The minimum Gasteiger partial charge on any atom is -0.493 e. The predicted molar refractivity (Wildman–Crippen MR) is 126 cm³/mol. The fourth-order valence-electron chi connectivity index (χ4n) is 3.62. The molecule has 0 bridgehead atoms. The van der Waals surface area contributed by atoms with Gasteiger partial charge in [0.05, 0.1) is 12.0 Å². The second kappa shape index (κ2) is 9.60. The highest BCUT2D eigenvalue weighted by molar-refractivity contribution is 8.18. The van der Waals surface area contributed by atoms with Gasteiger partial charge in [-0.25, -0.2) is 0 Å². The number of carbonyl (C=O) groups excluding carboxylic acids is 1. The van der Waals surface area contributed by atoms with Crippen molar-refractivity contribution >= 4 is 28.9 Å². The van der Waals surface area contributed by atoms with Gasteiger partial charge in [-0.15, -0.1) is 0 Å². The van der Waals surface area contributed by atoms with Crippen LogP contribution in [0.2, 0.25) is 0 Å². The number of piperidine rings is 1. The second-order valence-electron chi connectivity index (χ2n) is 8.16. The molecule has 0 unspecified atom stereocenters. The monoisotopic (exact) mass is 436 g/mol. The Morgan fingerprint density at radius 2 is 1.87 bits per heavy atom. The van der Waals surface area contributed by atoms with E-state index in [1.54, 1.807) is 7.11 Å². The molecule has 6 heteroatoms. The zero-order valence-electron chi connectivity index (χ0n) is 18.3. The molecule has 4 rings (SSSR count). The van der Waals surface area contributed by atoms with Crippen molar-refractivity contribution in [3.8, 4) is 11.5 Å². The standard InChI is InChI=1S/C25H28N2O3S/c1-17-4-6-19(7-5-17)16-30-21-9-8-20(14-22(21)29-3)15-23-24(28)26-25(31-23)27-12-10-18(2)11-13-27/h4-9,14-15,18H,10-13,16H2,1-3H3/b23-15-. The average Bonchev–Trinajstić information content (AvgIpc) is 3.14. The highest BCUT2D eigenvalue weighted by Crippen LogP contribution is 2.34. The summed E-state index contributed by atoms with van der Waals surface area (Å²) in [7, 11) is 1.62. The van der Waals surface area contributed by atoms with Gasteiger partial charge in [-0.3, -0.25) is 4.79 Å². The number of aliphatic imine (C=N–C) groups is 1. The molecule has 5 nitrogen and oxygen atoms in total. The number of thioether (sulfide) groups is 1. The molecule has 0 aliphatic carbocycles. The number of ether oxygens (including phenoxy) is 2. The first kappa shape index (κ1) is 21.5. The van der Waals surface area contributed by atoms with Crippen LogP contribution in [0, 0.1) is 12.8 Å². The zero-order valence-corrected chi connectivity index (χ0v) is 19.1. The summed E-state index contributed by atoms with van der Waals surface area (Å²) in [6, 6.07) is 14.0. The van der Waals surface area contributed by atoms with Crippen molar-refractivity contribution in [3.05, 3.63) is 64.1 Å². The summed E-state index contributed by atoms with van der Waals surface area (Å²) in [6.45, 7) is 6.74. The molecule has 2 aromatic rings. The van der Waals surface area contributed by atoms with E-state index in [1.165, 1.54) is 17.3 Å². The number of aryl methyl sites for hydroxylation is 1. The summed E-state index contributed by atoms with van der Waals surface area (Å²) >= 11 is 1.46. The maximum Gasteiger partial charge on any atom is 0.286 e. The van der Waals surface area contributed by atoms with Crippen LogP contribution in [0.5, 0.6) is 11.5 Å². The van der Waals surface area contributed by atoms with Crippen molar-refractivity contribution in [1.29, 1.82) is 0 Å². The van der Waals surface area contributed by atoms with Crippen LogP contribution >= 0.6 is 11.8 Å². The van der Waals surface area contributed by atoms with E-state index in [2.05, 4.69) is 48.0 Å². The van der Waals surface area contributed by atoms with Gasteiger partial charge in [0.2, 0.25) is 0 Å². The molecular formula is C25H28N2O3S. The van der Waals surface area contributed by atoms with Gasteiger partial charge >= 0.3 is 0 Å². The molecule has 0 saturated carbocycles. The number of likely N-dealkylation sites (tertiary alicyclic amines) is 1. The van der Waals surface area contributed by atoms with E-state index >= 15 is 0 Å². The van der Waals surface area contributed by atoms with Crippen molar-refractivity contribution in [2.75, 3.05) is 20.2 Å². The molecule has 0 spiro atoms. The van der Waals surface area contributed by atoms with Crippen LogP contribution in [0.1, 0.15) is 36.5 Å². The first-order valence-corrected chi connectivity index (χ1v) is 11.5. The highest BCUT2D eigenvalue weighted by atomic mass is 32.2. The number of amides is 1. The van der Waals surface area contributed by atoms with E-state index in [0.717, 1.165) is 48.1 Å². The quantitative estimate of drug-likeness (QED) is 0.597. The molecule has 31 heavy (non-hydrogen) atoms. The molecule has 0 radical (unpaired) electrons. The number of amidine groups is 1. The molecule has 2 aliphatic heterocycles. The van der Waals surface area contributed by atoms with Gasteiger partial charge in [0.15, 0.2) is 16.7 Å². The Morgan fingerprint density at radius 3 is 2.58 bits per heavy atom. The highest BCUT2D eigenvalue weighted by Gasteiger charge is 2.28. The minimum absolute atomic E-state index is 0.169. The van der Waals surface area contributed by atoms with Crippen LogP contribution in [0.15, 0.2) is 52.4 Å². The Morgan fingerprint density at radius 1 is 1.13 bits per heavy atom. The predicted octanol–water partition coefficient (Wildman–Crippen LogP) is 5.28. The number of rotatable bonds is 5. The van der Waals surface area contributed by atoms with E-state index in [-0.39, 0.29) is 5.91 Å². The van der Waals surface area contributed by atoms with E-state index in [1.807, 2.05) is 24.3 Å². The molecule has 1 saturated heterocycles. The molecule has 1 amide bonds. The van der Waals surface area contributed by atoms with Crippen LogP contribution < -0.4 is 9.47 Å². The first-order valence-electron chi connectivity index (χ1n) is 10.7. The van der Waals surface area contributed by atoms with Crippen LogP contribution in [-0.2, 0) is 11.4 Å².